The lowest BCUT2D eigenvalue weighted by Crippen LogP contribution is -2.52. The van der Waals surface area contributed by atoms with Gasteiger partial charge in [0.1, 0.15) is 42.0 Å². The number of hydrogen-bond donors (Lipinski definition) is 7. The van der Waals surface area contributed by atoms with Crippen LogP contribution in [0, 0.1) is 0 Å². The van der Waals surface area contributed by atoms with Crippen LogP contribution in [0.4, 0.5) is 0 Å². The zero-order valence-electron chi connectivity index (χ0n) is 43.5. The smallest absolute Gasteiger partial charge is 0.253 e. The van der Waals surface area contributed by atoms with E-state index in [-0.39, 0.29) is 95.2 Å². The fourth-order valence-electron chi connectivity index (χ4n) is 8.01. The third-order valence-corrected chi connectivity index (χ3v) is 12.0. The molecular weight excluding hydrogens is 1010 g/mol. The molecule has 2 amide bonds. The van der Waals surface area contributed by atoms with E-state index in [2.05, 4.69) is 10.2 Å². The molecule has 7 N–H and O–H groups in total. The minimum atomic E-state index is -1.93. The number of methoxy groups -OCH3 is 1. The molecule has 0 radical (unpaired) electrons. The van der Waals surface area contributed by atoms with E-state index in [0.29, 0.717) is 112 Å². The quantitative estimate of drug-likeness (QED) is 0.0203. The van der Waals surface area contributed by atoms with Crippen LogP contribution >= 0.6 is 0 Å². The molecule has 0 saturated carbocycles. The second-order valence-corrected chi connectivity index (χ2v) is 17.1. The van der Waals surface area contributed by atoms with Crippen LogP contribution in [0.25, 0.3) is 0 Å². The zero-order valence-corrected chi connectivity index (χ0v) is 43.5. The van der Waals surface area contributed by atoms with Crippen LogP contribution in [-0.4, -0.2) is 228 Å². The van der Waals surface area contributed by atoms with Crippen molar-refractivity contribution in [3.63, 3.8) is 0 Å². The number of ether oxygens (including phenoxy) is 9. The van der Waals surface area contributed by atoms with Crippen LogP contribution < -0.4 is 10.1 Å². The number of carbonyl (C=O) groups is 7. The Kier molecular flexibility index (Phi) is 30.2. The van der Waals surface area contributed by atoms with Gasteiger partial charge in [-0.25, -0.2) is 0 Å². The number of aldehydes is 2. The summed E-state index contributed by atoms with van der Waals surface area (Å²) in [5.41, 5.74) is -2.38. The first-order valence-corrected chi connectivity index (χ1v) is 24.8. The number of aliphatic hydroxyl groups is 4. The second kappa shape index (κ2) is 35.2. The Balaban J connectivity index is 0.000000295. The first kappa shape index (κ1) is 65.1. The highest BCUT2D eigenvalue weighted by Gasteiger charge is 2.45. The number of aromatic hydroxyl groups is 2. The first-order valence-electron chi connectivity index (χ1n) is 24.8. The molecule has 4 aliphatic rings. The van der Waals surface area contributed by atoms with Gasteiger partial charge in [0.25, 0.3) is 11.8 Å². The van der Waals surface area contributed by atoms with Crippen molar-refractivity contribution >= 4 is 41.7 Å². The van der Waals surface area contributed by atoms with E-state index in [1.54, 1.807) is 14.0 Å². The largest absolute Gasteiger partial charge is 0.507 e. The summed E-state index contributed by atoms with van der Waals surface area (Å²) in [4.78, 5) is 84.0. The maximum absolute atomic E-state index is 13.1. The van der Waals surface area contributed by atoms with Crippen LogP contribution in [0.2, 0.25) is 0 Å². The molecule has 2 fully saturated rings. The van der Waals surface area contributed by atoms with Gasteiger partial charge in [0.15, 0.2) is 17.9 Å². The molecule has 25 nitrogen and oxygen atoms in total. The third-order valence-electron chi connectivity index (χ3n) is 12.0. The van der Waals surface area contributed by atoms with Crippen molar-refractivity contribution in [1.29, 1.82) is 0 Å². The highest BCUT2D eigenvalue weighted by atomic mass is 16.7. The van der Waals surface area contributed by atoms with Crippen molar-refractivity contribution < 1.29 is 112 Å². The Hall–Kier alpha value is -5.23. The van der Waals surface area contributed by atoms with Crippen molar-refractivity contribution in [2.24, 2.45) is 0 Å². The number of aliphatic hydroxyl groups excluding tert-OH is 3. The number of Topliss-reactive ketones (excluding diaryl/α,β-unsaturated/α-hetero) is 1. The van der Waals surface area contributed by atoms with Crippen molar-refractivity contribution in [2.75, 3.05) is 120 Å². The van der Waals surface area contributed by atoms with Gasteiger partial charge in [-0.2, -0.15) is 5.06 Å². The standard InChI is InChI=1S/C21H18O8.C18H34O9.C7H15NO3.C5H7NO3/c1-29-12-4-2-3-10-14(12)20(27)16-15(18(10)25)19(26)11-7-21(28,13(23)8-22)6-5-9(11)17(16)24;19-3-1-5-21-7-9-23-11-13-25-15-17-27-18-16-26-14-12-24-10-8-22-6-2-4-20;1-4-7(10)5(8-2)3-6(9)11-4;1-9-6-4(7)2-3-5(6)8/h2-4,22,24,26,28H,5-8H2,1H3;3-4H,1-2,5-18H2;4-10H,3H2,1-2H3;2-3H2,1H3. The van der Waals surface area contributed by atoms with Crippen LogP contribution in [0.3, 0.4) is 0 Å². The lowest BCUT2D eigenvalue weighted by molar-refractivity contribution is -0.201. The number of ketones is 3. The third kappa shape index (κ3) is 19.7. The lowest BCUT2D eigenvalue weighted by Gasteiger charge is -2.35. The van der Waals surface area contributed by atoms with Gasteiger partial charge in [-0.15, -0.1) is 0 Å². The predicted octanol–water partition coefficient (Wildman–Crippen LogP) is -0.297. The topological polar surface area (TPSA) is 348 Å². The van der Waals surface area contributed by atoms with Crippen molar-refractivity contribution in [3.05, 3.63) is 51.6 Å². The Morgan fingerprint density at radius 3 is 1.59 bits per heavy atom. The molecule has 2 aromatic rings. The molecule has 2 aliphatic carbocycles. The summed E-state index contributed by atoms with van der Waals surface area (Å²) in [6, 6.07) is 4.41. The highest BCUT2D eigenvalue weighted by Crippen LogP contribution is 2.48. The summed E-state index contributed by atoms with van der Waals surface area (Å²) in [6.45, 7) is 7.74. The maximum Gasteiger partial charge on any atom is 0.253 e. The average Bonchev–Trinajstić information content (AvgIpc) is 3.76. The number of nitrogens with zero attached hydrogens (tertiary/aromatic N) is 1. The van der Waals surface area contributed by atoms with Crippen LogP contribution in [-0.2, 0) is 79.5 Å². The van der Waals surface area contributed by atoms with Crippen molar-refractivity contribution in [2.45, 2.75) is 88.4 Å². The second-order valence-electron chi connectivity index (χ2n) is 17.1. The fraction of sp³-hybridized carbons (Fsp3) is 0.627. The van der Waals surface area contributed by atoms with E-state index in [0.717, 1.165) is 17.6 Å². The summed E-state index contributed by atoms with van der Waals surface area (Å²) < 4.78 is 47.2. The molecule has 426 valence electrons. The number of imide groups is 1. The minimum Gasteiger partial charge on any atom is -0.507 e. The Bertz CT molecular complexity index is 2130. The highest BCUT2D eigenvalue weighted by molar-refractivity contribution is 6.31. The predicted molar refractivity (Wildman–Crippen MR) is 264 cm³/mol. The van der Waals surface area contributed by atoms with E-state index in [1.807, 2.05) is 0 Å². The van der Waals surface area contributed by atoms with Gasteiger partial charge in [0, 0.05) is 61.3 Å². The molecule has 25 heteroatoms. The van der Waals surface area contributed by atoms with Gasteiger partial charge in [-0.1, -0.05) is 12.1 Å². The number of nitrogens with one attached hydrogen (secondary N) is 1. The maximum atomic E-state index is 13.1. The molecule has 5 atom stereocenters. The van der Waals surface area contributed by atoms with Crippen LogP contribution in [0.1, 0.15) is 88.4 Å². The number of hydrogen-bond acceptors (Lipinski definition) is 24. The van der Waals surface area contributed by atoms with Crippen molar-refractivity contribution in [1.82, 2.24) is 10.4 Å². The van der Waals surface area contributed by atoms with Crippen LogP contribution in [0.5, 0.6) is 17.2 Å². The Morgan fingerprint density at radius 1 is 0.711 bits per heavy atom. The van der Waals surface area contributed by atoms with E-state index >= 15 is 0 Å². The van der Waals surface area contributed by atoms with Gasteiger partial charge in [0.2, 0.25) is 5.78 Å². The number of carbonyl (C=O) groups excluding carboxylic acids is 7. The molecule has 5 unspecified atom stereocenters. The van der Waals surface area contributed by atoms with Crippen LogP contribution in [0.15, 0.2) is 18.2 Å². The normalized spacial score (nSPS) is 20.4. The number of phenolic OH excluding ortho intramolecular Hbond substituents is 2. The Morgan fingerprint density at radius 2 is 1.17 bits per heavy atom. The number of phenols is 2. The molecule has 76 heavy (non-hydrogen) atoms. The number of rotatable bonds is 29. The fourth-order valence-corrected chi connectivity index (χ4v) is 8.01. The first-order chi connectivity index (χ1) is 36.6. The number of hydroxylamine groups is 2. The molecule has 2 aromatic carbocycles. The average molecular weight is 1080 g/mol. The summed E-state index contributed by atoms with van der Waals surface area (Å²) in [6.07, 6.45) is 1.43. The molecule has 0 spiro atoms. The van der Waals surface area contributed by atoms with Gasteiger partial charge < -0.3 is 88.2 Å². The van der Waals surface area contributed by atoms with Gasteiger partial charge in [-0.05, 0) is 32.9 Å². The molecule has 6 rings (SSSR count). The molecule has 0 aromatic heterocycles. The molecule has 2 saturated heterocycles. The van der Waals surface area contributed by atoms with E-state index < -0.39 is 53.5 Å². The Labute approximate surface area is 440 Å². The summed E-state index contributed by atoms with van der Waals surface area (Å²) in [5.74, 6) is -3.49. The minimum absolute atomic E-state index is 0.00456. The number of likely N-dealkylation sites (N-methyl/N-ethyl adjacent to an activating group) is 1. The molecule has 0 bridgehead atoms. The number of benzene rings is 2. The summed E-state index contributed by atoms with van der Waals surface area (Å²) in [7, 11) is 4.42. The number of fused-ring (bicyclic) bond motifs is 3. The van der Waals surface area contributed by atoms with Gasteiger partial charge in [0.05, 0.1) is 136 Å². The zero-order chi connectivity index (χ0) is 56.0. The number of amides is 2. The SMILES string of the molecule is CNC1CC(O)OC(C)C1O.CON1C(=O)CCC1=O.COc1cccc2c1C(=O)c1c(O)c3c(c(O)c1C2=O)CC(O)(C(=O)CO)CC3.O=CCCOCCOCCOCCOCCOCCOCCOCCC=O. The molecular formula is C51H74N2O23. The summed E-state index contributed by atoms with van der Waals surface area (Å²) >= 11 is 0. The van der Waals surface area contributed by atoms with Crippen molar-refractivity contribution in [3.8, 4) is 17.2 Å². The van der Waals surface area contributed by atoms with Gasteiger partial charge >= 0.3 is 0 Å². The monoisotopic (exact) mass is 1080 g/mol. The summed E-state index contributed by atoms with van der Waals surface area (Å²) in [5, 5.41) is 63.6. The van der Waals surface area contributed by atoms with Gasteiger partial charge in [-0.3, -0.25) is 28.8 Å². The molecule has 2 aliphatic heterocycles. The van der Waals surface area contributed by atoms with E-state index in [4.69, 9.17) is 52.8 Å². The lowest BCUT2D eigenvalue weighted by atomic mass is 9.73. The van der Waals surface area contributed by atoms with E-state index in [1.165, 1.54) is 32.4 Å². The van der Waals surface area contributed by atoms with E-state index in [9.17, 15) is 54.0 Å². The molecule has 2 heterocycles.